The van der Waals surface area contributed by atoms with Crippen molar-refractivity contribution in [3.8, 4) is 6.07 Å². The zero-order valence-corrected chi connectivity index (χ0v) is 5.96. The van der Waals surface area contributed by atoms with E-state index in [1.165, 1.54) is 0 Å². The molecule has 0 aliphatic rings. The van der Waals surface area contributed by atoms with Crippen LogP contribution < -0.4 is 4.57 Å². The molecule has 0 radical (unpaired) electrons. The minimum atomic E-state index is 0.578. The fourth-order valence-corrected chi connectivity index (χ4v) is 0.860. The second kappa shape index (κ2) is 3.02. The number of nitrogens with one attached hydrogen (secondary N) is 1. The third-order valence-corrected chi connectivity index (χ3v) is 1.45. The summed E-state index contributed by atoms with van der Waals surface area (Å²) in [5.41, 5.74) is 0. The topological polar surface area (TPSA) is 43.5 Å². The van der Waals surface area contributed by atoms with Crippen LogP contribution in [0.5, 0.6) is 0 Å². The van der Waals surface area contributed by atoms with Gasteiger partial charge in [0, 0.05) is 6.42 Å². The van der Waals surface area contributed by atoms with Crippen molar-refractivity contribution in [2.45, 2.75) is 12.8 Å². The van der Waals surface area contributed by atoms with Crippen LogP contribution in [-0.2, 0) is 13.5 Å². The molecule has 0 saturated carbocycles. The maximum absolute atomic E-state index is 8.28. The number of nitriles is 1. The fraction of sp³-hybridized carbons (Fsp3) is 0.429. The van der Waals surface area contributed by atoms with Gasteiger partial charge in [0.1, 0.15) is 12.4 Å². The second-order valence-corrected chi connectivity index (χ2v) is 2.18. The van der Waals surface area contributed by atoms with Gasteiger partial charge in [0.25, 0.3) is 5.82 Å². The van der Waals surface area contributed by atoms with E-state index in [4.69, 9.17) is 5.26 Å². The molecule has 0 unspecified atom stereocenters. The van der Waals surface area contributed by atoms with Gasteiger partial charge in [0.2, 0.25) is 0 Å². The van der Waals surface area contributed by atoms with Crippen molar-refractivity contribution in [3.63, 3.8) is 0 Å². The van der Waals surface area contributed by atoms with Crippen molar-refractivity contribution in [2.24, 2.45) is 7.05 Å². The molecule has 0 aromatic carbocycles. The first-order chi connectivity index (χ1) is 4.84. The molecular formula is C7H10N3+. The Kier molecular flexibility index (Phi) is 2.06. The van der Waals surface area contributed by atoms with Crippen LogP contribution in [0.1, 0.15) is 12.2 Å². The standard InChI is InChI=1S/C7H9N3/c1-10-6-5-9-7(10)3-2-4-8/h5-6H,2-3H2,1H3/p+1. The van der Waals surface area contributed by atoms with Crippen LogP contribution in [0.15, 0.2) is 12.4 Å². The molecule has 0 saturated heterocycles. The van der Waals surface area contributed by atoms with Gasteiger partial charge >= 0.3 is 0 Å². The van der Waals surface area contributed by atoms with Gasteiger partial charge in [-0.2, -0.15) is 5.26 Å². The molecule has 1 rings (SSSR count). The van der Waals surface area contributed by atoms with E-state index in [0.29, 0.717) is 6.42 Å². The summed E-state index contributed by atoms with van der Waals surface area (Å²) in [5.74, 6) is 1.10. The van der Waals surface area contributed by atoms with Crippen molar-refractivity contribution in [3.05, 3.63) is 18.2 Å². The van der Waals surface area contributed by atoms with Crippen molar-refractivity contribution in [2.75, 3.05) is 0 Å². The number of aromatic nitrogens is 2. The smallest absolute Gasteiger partial charge is 0.248 e. The maximum atomic E-state index is 8.28. The first kappa shape index (κ1) is 6.81. The number of hydrogen-bond acceptors (Lipinski definition) is 1. The molecule has 3 nitrogen and oxygen atoms in total. The van der Waals surface area contributed by atoms with Crippen molar-refractivity contribution < 1.29 is 4.57 Å². The lowest BCUT2D eigenvalue weighted by atomic mass is 10.3. The van der Waals surface area contributed by atoms with Gasteiger partial charge in [0.05, 0.1) is 19.5 Å². The van der Waals surface area contributed by atoms with E-state index in [1.54, 1.807) is 0 Å². The Balaban J connectivity index is 2.59. The van der Waals surface area contributed by atoms with Gasteiger partial charge < -0.3 is 0 Å². The summed E-state index contributed by atoms with van der Waals surface area (Å²) in [6.45, 7) is 0. The molecule has 1 aromatic heterocycles. The SMILES string of the molecule is C[n+]1cc[nH]c1CCC#N. The van der Waals surface area contributed by atoms with Crippen LogP contribution in [0.25, 0.3) is 0 Å². The Bertz CT molecular complexity index is 244. The molecule has 0 aliphatic heterocycles. The Labute approximate surface area is 59.9 Å². The normalized spacial score (nSPS) is 9.20. The molecule has 0 aliphatic carbocycles. The molecule has 0 amide bonds. The number of rotatable bonds is 2. The molecule has 0 bridgehead atoms. The number of nitrogens with zero attached hydrogens (tertiary/aromatic N) is 2. The number of imidazole rings is 1. The van der Waals surface area contributed by atoms with Crippen LogP contribution in [-0.4, -0.2) is 4.98 Å². The lowest BCUT2D eigenvalue weighted by Crippen LogP contribution is -2.30. The molecule has 3 heteroatoms. The van der Waals surface area contributed by atoms with Gasteiger partial charge in [0.15, 0.2) is 0 Å². The van der Waals surface area contributed by atoms with Crippen LogP contribution in [0.3, 0.4) is 0 Å². The average Bonchev–Trinajstić information content (AvgIpc) is 2.31. The summed E-state index contributed by atoms with van der Waals surface area (Å²) in [7, 11) is 1.96. The molecular weight excluding hydrogens is 126 g/mol. The number of hydrogen-bond donors (Lipinski definition) is 1. The molecule has 1 aromatic rings. The summed E-state index contributed by atoms with van der Waals surface area (Å²) in [6.07, 6.45) is 5.19. The lowest BCUT2D eigenvalue weighted by Gasteiger charge is -1.86. The average molecular weight is 136 g/mol. The third-order valence-electron chi connectivity index (χ3n) is 1.45. The Morgan fingerprint density at radius 1 is 1.80 bits per heavy atom. The highest BCUT2D eigenvalue weighted by Crippen LogP contribution is 1.89. The monoisotopic (exact) mass is 136 g/mol. The van der Waals surface area contributed by atoms with Gasteiger partial charge in [-0.05, 0) is 0 Å². The third kappa shape index (κ3) is 1.35. The first-order valence-electron chi connectivity index (χ1n) is 3.23. The van der Waals surface area contributed by atoms with E-state index in [0.717, 1.165) is 12.2 Å². The predicted molar refractivity (Wildman–Crippen MR) is 35.9 cm³/mol. The Morgan fingerprint density at radius 2 is 2.60 bits per heavy atom. The molecule has 0 spiro atoms. The zero-order valence-electron chi connectivity index (χ0n) is 5.96. The van der Waals surface area contributed by atoms with Gasteiger partial charge in [-0.15, -0.1) is 0 Å². The highest BCUT2D eigenvalue weighted by atomic mass is 15.0. The highest BCUT2D eigenvalue weighted by Gasteiger charge is 2.03. The Morgan fingerprint density at radius 3 is 3.10 bits per heavy atom. The molecule has 1 N–H and O–H groups in total. The van der Waals surface area contributed by atoms with Crippen molar-refractivity contribution in [1.82, 2.24) is 4.98 Å². The number of aromatic amines is 1. The van der Waals surface area contributed by atoms with Gasteiger partial charge in [-0.25, -0.2) is 9.55 Å². The summed E-state index contributed by atoms with van der Waals surface area (Å²) >= 11 is 0. The van der Waals surface area contributed by atoms with E-state index < -0.39 is 0 Å². The van der Waals surface area contributed by atoms with Crippen LogP contribution in [0.4, 0.5) is 0 Å². The lowest BCUT2D eigenvalue weighted by molar-refractivity contribution is -0.677. The van der Waals surface area contributed by atoms with Crippen LogP contribution in [0.2, 0.25) is 0 Å². The number of aryl methyl sites for hydroxylation is 2. The molecule has 0 atom stereocenters. The zero-order chi connectivity index (χ0) is 7.40. The van der Waals surface area contributed by atoms with E-state index in [1.807, 2.05) is 24.0 Å². The van der Waals surface area contributed by atoms with E-state index in [2.05, 4.69) is 11.1 Å². The van der Waals surface area contributed by atoms with Crippen molar-refractivity contribution in [1.29, 1.82) is 5.26 Å². The fourth-order valence-electron chi connectivity index (χ4n) is 0.860. The summed E-state index contributed by atoms with van der Waals surface area (Å²) in [6, 6.07) is 2.10. The van der Waals surface area contributed by atoms with Crippen molar-refractivity contribution >= 4 is 0 Å². The molecule has 1 heterocycles. The Hall–Kier alpha value is -1.30. The molecule has 10 heavy (non-hydrogen) atoms. The number of H-pyrrole nitrogens is 1. The van der Waals surface area contributed by atoms with E-state index in [9.17, 15) is 0 Å². The van der Waals surface area contributed by atoms with Gasteiger partial charge in [-0.1, -0.05) is 0 Å². The van der Waals surface area contributed by atoms with Crippen LogP contribution >= 0.6 is 0 Å². The van der Waals surface area contributed by atoms with Crippen LogP contribution in [0, 0.1) is 11.3 Å². The van der Waals surface area contributed by atoms with E-state index in [-0.39, 0.29) is 0 Å². The minimum Gasteiger partial charge on any atom is -0.248 e. The first-order valence-corrected chi connectivity index (χ1v) is 3.23. The summed E-state index contributed by atoms with van der Waals surface area (Å²) in [4.78, 5) is 3.05. The molecule has 0 fully saturated rings. The molecule has 52 valence electrons. The van der Waals surface area contributed by atoms with E-state index >= 15 is 0 Å². The summed E-state index contributed by atoms with van der Waals surface area (Å²) < 4.78 is 1.98. The van der Waals surface area contributed by atoms with Gasteiger partial charge in [-0.3, -0.25) is 0 Å². The quantitative estimate of drug-likeness (QED) is 0.584. The second-order valence-electron chi connectivity index (χ2n) is 2.18. The minimum absolute atomic E-state index is 0.578. The summed E-state index contributed by atoms with van der Waals surface area (Å²) in [5, 5.41) is 8.28. The highest BCUT2D eigenvalue weighted by molar-refractivity contribution is 4.82. The predicted octanol–water partition coefficient (Wildman–Crippen LogP) is 0.295. The largest absolute Gasteiger partial charge is 0.255 e. The maximum Gasteiger partial charge on any atom is 0.255 e.